The van der Waals surface area contributed by atoms with E-state index in [4.69, 9.17) is 5.11 Å². The van der Waals surface area contributed by atoms with Crippen LogP contribution in [0.2, 0.25) is 0 Å². The van der Waals surface area contributed by atoms with Gasteiger partial charge in [0.2, 0.25) is 5.78 Å². The van der Waals surface area contributed by atoms with Crippen LogP contribution in [0, 0.1) is 6.92 Å². The summed E-state index contributed by atoms with van der Waals surface area (Å²) in [7, 11) is 1.56. The van der Waals surface area contributed by atoms with Gasteiger partial charge in [-0.25, -0.2) is 0 Å². The summed E-state index contributed by atoms with van der Waals surface area (Å²) in [6, 6.07) is 5.53. The van der Waals surface area contributed by atoms with Crippen molar-refractivity contribution in [3.05, 3.63) is 58.4 Å². The molecule has 1 aromatic heterocycles. The van der Waals surface area contributed by atoms with E-state index in [9.17, 15) is 22.8 Å². The molecule has 0 saturated carbocycles. The second-order valence-corrected chi connectivity index (χ2v) is 5.20. The number of carbonyl (C=O) groups is 2. The van der Waals surface area contributed by atoms with Crippen molar-refractivity contribution in [2.24, 2.45) is 7.05 Å². The molecule has 1 N–H and O–H groups in total. The number of aliphatic carboxylic acids is 1. The molecule has 1 aromatic carbocycles. The van der Waals surface area contributed by atoms with Gasteiger partial charge in [-0.1, -0.05) is 12.1 Å². The average Bonchev–Trinajstić information content (AvgIpc) is 2.71. The standard InChI is InChI=1S/C16H14F3NO3/c1-9-7-12(8-13(21)22)20(2)14(9)15(23)10-3-5-11(6-4-10)16(17,18)19/h3-7H,8H2,1-2H3,(H,21,22). The lowest BCUT2D eigenvalue weighted by Crippen LogP contribution is -2.13. The summed E-state index contributed by atoms with van der Waals surface area (Å²) in [5.74, 6) is -1.48. The normalized spacial score (nSPS) is 11.5. The van der Waals surface area contributed by atoms with Gasteiger partial charge in [0.1, 0.15) is 0 Å². The van der Waals surface area contributed by atoms with E-state index in [0.29, 0.717) is 11.3 Å². The van der Waals surface area contributed by atoms with Gasteiger partial charge in [0.05, 0.1) is 17.7 Å². The lowest BCUT2D eigenvalue weighted by Gasteiger charge is -2.09. The third-order valence-corrected chi connectivity index (χ3v) is 3.54. The molecule has 0 atom stereocenters. The SMILES string of the molecule is Cc1cc(CC(=O)O)n(C)c1C(=O)c1ccc(C(F)(F)F)cc1. The second-order valence-electron chi connectivity index (χ2n) is 5.20. The maximum Gasteiger partial charge on any atom is 0.416 e. The largest absolute Gasteiger partial charge is 0.481 e. The van der Waals surface area contributed by atoms with Gasteiger partial charge in [-0.3, -0.25) is 9.59 Å². The number of hydrogen-bond acceptors (Lipinski definition) is 2. The zero-order chi connectivity index (χ0) is 17.4. The number of nitrogens with zero attached hydrogens (tertiary/aromatic N) is 1. The molecule has 2 rings (SSSR count). The highest BCUT2D eigenvalue weighted by Gasteiger charge is 2.30. The lowest BCUT2D eigenvalue weighted by atomic mass is 10.0. The predicted octanol–water partition coefficient (Wildman–Crippen LogP) is 3.21. The van der Waals surface area contributed by atoms with Crippen LogP contribution in [-0.2, 0) is 24.4 Å². The van der Waals surface area contributed by atoms with E-state index in [-0.39, 0.29) is 17.7 Å². The van der Waals surface area contributed by atoms with Gasteiger partial charge in [0, 0.05) is 18.3 Å². The minimum absolute atomic E-state index is 0.115. The van der Waals surface area contributed by atoms with Crippen LogP contribution in [0.15, 0.2) is 30.3 Å². The Kier molecular flexibility index (Phi) is 4.31. The Balaban J connectivity index is 2.37. The van der Waals surface area contributed by atoms with Gasteiger partial charge in [-0.15, -0.1) is 0 Å². The zero-order valence-electron chi connectivity index (χ0n) is 12.4. The van der Waals surface area contributed by atoms with Crippen molar-refractivity contribution < 1.29 is 27.9 Å². The number of aryl methyl sites for hydroxylation is 1. The first kappa shape index (κ1) is 16.8. The molecule has 0 saturated heterocycles. The van der Waals surface area contributed by atoms with Crippen LogP contribution >= 0.6 is 0 Å². The monoisotopic (exact) mass is 325 g/mol. The Bertz CT molecular complexity index is 758. The Labute approximate surface area is 130 Å². The van der Waals surface area contributed by atoms with E-state index in [1.54, 1.807) is 20.0 Å². The van der Waals surface area contributed by atoms with E-state index >= 15 is 0 Å². The number of hydrogen-bond donors (Lipinski definition) is 1. The number of rotatable bonds is 4. The van der Waals surface area contributed by atoms with Crippen LogP contribution < -0.4 is 0 Å². The second kappa shape index (κ2) is 5.91. The molecule has 0 spiro atoms. The summed E-state index contributed by atoms with van der Waals surface area (Å²) in [6.07, 6.45) is -4.70. The molecule has 0 amide bonds. The van der Waals surface area contributed by atoms with Crippen LogP contribution in [0.25, 0.3) is 0 Å². The van der Waals surface area contributed by atoms with Crippen molar-refractivity contribution in [1.82, 2.24) is 4.57 Å². The molecule has 0 aliphatic rings. The van der Waals surface area contributed by atoms with Gasteiger partial charge in [-0.2, -0.15) is 13.2 Å². The van der Waals surface area contributed by atoms with E-state index in [1.807, 2.05) is 0 Å². The van der Waals surface area contributed by atoms with Crippen molar-refractivity contribution >= 4 is 11.8 Å². The zero-order valence-corrected chi connectivity index (χ0v) is 12.4. The lowest BCUT2D eigenvalue weighted by molar-refractivity contribution is -0.138. The van der Waals surface area contributed by atoms with Crippen LogP contribution in [0.5, 0.6) is 0 Å². The third-order valence-electron chi connectivity index (χ3n) is 3.54. The highest BCUT2D eigenvalue weighted by molar-refractivity contribution is 6.09. The fourth-order valence-corrected chi connectivity index (χ4v) is 2.43. The topological polar surface area (TPSA) is 59.3 Å². The summed E-state index contributed by atoms with van der Waals surface area (Å²) in [6.45, 7) is 1.66. The quantitative estimate of drug-likeness (QED) is 0.878. The van der Waals surface area contributed by atoms with Crippen LogP contribution in [0.3, 0.4) is 0 Å². The Morgan fingerprint density at radius 3 is 2.22 bits per heavy atom. The number of benzene rings is 1. The van der Waals surface area contributed by atoms with Crippen molar-refractivity contribution in [2.75, 3.05) is 0 Å². The molecule has 0 fully saturated rings. The maximum absolute atomic E-state index is 12.6. The Morgan fingerprint density at radius 2 is 1.74 bits per heavy atom. The van der Waals surface area contributed by atoms with Gasteiger partial charge in [0.15, 0.2) is 0 Å². The van der Waals surface area contributed by atoms with Crippen molar-refractivity contribution in [1.29, 1.82) is 0 Å². The summed E-state index contributed by atoms with van der Waals surface area (Å²) in [4.78, 5) is 23.3. The van der Waals surface area contributed by atoms with Crippen molar-refractivity contribution in [2.45, 2.75) is 19.5 Å². The summed E-state index contributed by atoms with van der Waals surface area (Å²) >= 11 is 0. The molecule has 0 aliphatic heterocycles. The van der Waals surface area contributed by atoms with Gasteiger partial charge >= 0.3 is 12.1 Å². The van der Waals surface area contributed by atoms with Crippen LogP contribution in [0.4, 0.5) is 13.2 Å². The van der Waals surface area contributed by atoms with E-state index in [1.165, 1.54) is 4.57 Å². The number of halogens is 3. The first-order chi connectivity index (χ1) is 10.6. The van der Waals surface area contributed by atoms with E-state index in [0.717, 1.165) is 24.3 Å². The molecule has 122 valence electrons. The summed E-state index contributed by atoms with van der Waals surface area (Å²) in [5, 5.41) is 8.85. The van der Waals surface area contributed by atoms with E-state index < -0.39 is 23.5 Å². The highest BCUT2D eigenvalue weighted by atomic mass is 19.4. The molecule has 2 aromatic rings. The van der Waals surface area contributed by atoms with Crippen molar-refractivity contribution in [3.63, 3.8) is 0 Å². The van der Waals surface area contributed by atoms with Gasteiger partial charge in [-0.05, 0) is 30.7 Å². The Hall–Kier alpha value is -2.57. The third kappa shape index (κ3) is 3.44. The molecule has 0 aliphatic carbocycles. The summed E-state index contributed by atoms with van der Waals surface area (Å²) < 4.78 is 39.1. The molecule has 23 heavy (non-hydrogen) atoms. The molecule has 0 bridgehead atoms. The Morgan fingerprint density at radius 1 is 1.17 bits per heavy atom. The number of carboxylic acid groups (broad SMARTS) is 1. The smallest absolute Gasteiger partial charge is 0.416 e. The number of carboxylic acids is 1. The number of carbonyl (C=O) groups excluding carboxylic acids is 1. The number of alkyl halides is 3. The number of ketones is 1. The predicted molar refractivity (Wildman–Crippen MR) is 76.4 cm³/mol. The molecule has 0 radical (unpaired) electrons. The molecule has 7 heteroatoms. The minimum Gasteiger partial charge on any atom is -0.481 e. The van der Waals surface area contributed by atoms with Crippen LogP contribution in [0.1, 0.15) is 32.9 Å². The highest BCUT2D eigenvalue weighted by Crippen LogP contribution is 2.29. The fourth-order valence-electron chi connectivity index (χ4n) is 2.43. The molecule has 0 unspecified atom stereocenters. The summed E-state index contributed by atoms with van der Waals surface area (Å²) in [5.41, 5.74) is 0.577. The number of aromatic nitrogens is 1. The molecular weight excluding hydrogens is 311 g/mol. The first-order valence-corrected chi connectivity index (χ1v) is 6.70. The van der Waals surface area contributed by atoms with Crippen molar-refractivity contribution in [3.8, 4) is 0 Å². The van der Waals surface area contributed by atoms with Gasteiger partial charge < -0.3 is 9.67 Å². The maximum atomic E-state index is 12.6. The average molecular weight is 325 g/mol. The molecule has 4 nitrogen and oxygen atoms in total. The molecular formula is C16H14F3NO3. The first-order valence-electron chi connectivity index (χ1n) is 6.70. The molecule has 1 heterocycles. The van der Waals surface area contributed by atoms with E-state index in [2.05, 4.69) is 0 Å². The minimum atomic E-state index is -4.46. The van der Waals surface area contributed by atoms with Gasteiger partial charge in [0.25, 0.3) is 0 Å². The fraction of sp³-hybridized carbons (Fsp3) is 0.250. The van der Waals surface area contributed by atoms with Crippen LogP contribution in [-0.4, -0.2) is 21.4 Å².